The largest absolute Gasteiger partial charge is 0.298 e. The molecule has 0 unspecified atom stereocenters. The quantitative estimate of drug-likeness (QED) is 0.741. The van der Waals surface area contributed by atoms with Gasteiger partial charge in [0, 0.05) is 0 Å². The lowest BCUT2D eigenvalue weighted by Crippen LogP contribution is -2.00. The molecule has 1 aromatic carbocycles. The van der Waals surface area contributed by atoms with Crippen LogP contribution in [0.25, 0.3) is 5.69 Å². The zero-order valence-electron chi connectivity index (χ0n) is 10.6. The van der Waals surface area contributed by atoms with Crippen molar-refractivity contribution in [2.45, 2.75) is 27.7 Å². The zero-order chi connectivity index (χ0) is 12.6. The Kier molecular flexibility index (Phi) is 2.84. The molecule has 17 heavy (non-hydrogen) atoms. The molecule has 0 atom stereocenters. The lowest BCUT2D eigenvalue weighted by molar-refractivity contribution is 0.112. The summed E-state index contributed by atoms with van der Waals surface area (Å²) in [5, 5.41) is 4.42. The molecule has 0 saturated heterocycles. The van der Waals surface area contributed by atoms with Gasteiger partial charge in [0.15, 0.2) is 6.29 Å². The van der Waals surface area contributed by atoms with Crippen molar-refractivity contribution >= 4 is 6.29 Å². The monoisotopic (exact) mass is 228 g/mol. The Labute approximate surface area is 101 Å². The summed E-state index contributed by atoms with van der Waals surface area (Å²) in [5.74, 6) is 0. The minimum absolute atomic E-state index is 0.684. The maximum absolute atomic E-state index is 11.0. The van der Waals surface area contributed by atoms with E-state index in [1.54, 1.807) is 0 Å². The number of aryl methyl sites for hydroxylation is 3. The van der Waals surface area contributed by atoms with E-state index in [1.165, 1.54) is 11.1 Å². The smallest absolute Gasteiger partial charge is 0.153 e. The zero-order valence-corrected chi connectivity index (χ0v) is 10.6. The molecule has 0 radical (unpaired) electrons. The van der Waals surface area contributed by atoms with Gasteiger partial charge in [0.25, 0.3) is 0 Å². The Balaban J connectivity index is 2.64. The summed E-state index contributed by atoms with van der Waals surface area (Å²) in [5.41, 5.74) is 5.75. The first kappa shape index (κ1) is 11.6. The summed E-state index contributed by atoms with van der Waals surface area (Å²) >= 11 is 0. The third-order valence-corrected chi connectivity index (χ3v) is 2.92. The molecule has 2 aromatic rings. The number of hydrogen-bond donors (Lipinski definition) is 0. The Hall–Kier alpha value is -1.90. The van der Waals surface area contributed by atoms with Gasteiger partial charge in [-0.15, -0.1) is 0 Å². The molecule has 2 rings (SSSR count). The SMILES string of the molecule is Cc1cc(C)cc(-n2nc(C)c(C=O)c2C)c1. The van der Waals surface area contributed by atoms with Crippen LogP contribution in [0.3, 0.4) is 0 Å². The van der Waals surface area contributed by atoms with Gasteiger partial charge >= 0.3 is 0 Å². The first-order valence-electron chi connectivity index (χ1n) is 5.63. The van der Waals surface area contributed by atoms with E-state index >= 15 is 0 Å². The van der Waals surface area contributed by atoms with Gasteiger partial charge in [-0.05, 0) is 51.0 Å². The summed E-state index contributed by atoms with van der Waals surface area (Å²) in [6, 6.07) is 6.26. The molecule has 0 fully saturated rings. The van der Waals surface area contributed by atoms with E-state index in [2.05, 4.69) is 37.1 Å². The van der Waals surface area contributed by atoms with Crippen molar-refractivity contribution in [1.82, 2.24) is 9.78 Å². The van der Waals surface area contributed by atoms with E-state index in [-0.39, 0.29) is 0 Å². The van der Waals surface area contributed by atoms with Gasteiger partial charge in [0.2, 0.25) is 0 Å². The number of hydrogen-bond acceptors (Lipinski definition) is 2. The van der Waals surface area contributed by atoms with E-state index in [4.69, 9.17) is 0 Å². The highest BCUT2D eigenvalue weighted by molar-refractivity contribution is 5.78. The fourth-order valence-electron chi connectivity index (χ4n) is 2.15. The summed E-state index contributed by atoms with van der Waals surface area (Å²) in [4.78, 5) is 11.0. The average Bonchev–Trinajstić information content (AvgIpc) is 2.52. The molecule has 3 heteroatoms. The van der Waals surface area contributed by atoms with Gasteiger partial charge in [-0.1, -0.05) is 6.07 Å². The summed E-state index contributed by atoms with van der Waals surface area (Å²) in [7, 11) is 0. The van der Waals surface area contributed by atoms with Gasteiger partial charge in [-0.3, -0.25) is 4.79 Å². The number of aromatic nitrogens is 2. The number of nitrogens with zero attached hydrogens (tertiary/aromatic N) is 2. The Morgan fingerprint density at radius 3 is 2.12 bits per heavy atom. The maximum atomic E-state index is 11.0. The molecular formula is C14H16N2O. The molecule has 0 amide bonds. The third kappa shape index (κ3) is 2.00. The summed E-state index contributed by atoms with van der Waals surface area (Å²) in [6.07, 6.45) is 0.872. The fraction of sp³-hybridized carbons (Fsp3) is 0.286. The number of rotatable bonds is 2. The fourth-order valence-corrected chi connectivity index (χ4v) is 2.15. The molecule has 3 nitrogen and oxygen atoms in total. The number of carbonyl (C=O) groups excluding carboxylic acids is 1. The number of aldehydes is 1. The van der Waals surface area contributed by atoms with Crippen LogP contribution in [0.1, 0.15) is 32.9 Å². The van der Waals surface area contributed by atoms with E-state index < -0.39 is 0 Å². The predicted molar refractivity (Wildman–Crippen MR) is 67.9 cm³/mol. The lowest BCUT2D eigenvalue weighted by Gasteiger charge is -2.07. The van der Waals surface area contributed by atoms with Crippen LogP contribution in [0.4, 0.5) is 0 Å². The van der Waals surface area contributed by atoms with Crippen molar-refractivity contribution in [3.05, 3.63) is 46.3 Å². The molecule has 0 aliphatic carbocycles. The van der Waals surface area contributed by atoms with Crippen LogP contribution < -0.4 is 0 Å². The van der Waals surface area contributed by atoms with Crippen LogP contribution in [0.2, 0.25) is 0 Å². The first-order chi connectivity index (χ1) is 8.02. The van der Waals surface area contributed by atoms with Gasteiger partial charge < -0.3 is 0 Å². The van der Waals surface area contributed by atoms with Crippen molar-refractivity contribution < 1.29 is 4.79 Å². The summed E-state index contributed by atoms with van der Waals surface area (Å²) < 4.78 is 1.83. The molecule has 0 aliphatic rings. The highest BCUT2D eigenvalue weighted by Crippen LogP contribution is 2.18. The highest BCUT2D eigenvalue weighted by atomic mass is 16.1. The van der Waals surface area contributed by atoms with Crippen LogP contribution in [0.5, 0.6) is 0 Å². The van der Waals surface area contributed by atoms with Crippen LogP contribution >= 0.6 is 0 Å². The van der Waals surface area contributed by atoms with E-state index in [0.29, 0.717) is 5.56 Å². The second-order valence-electron chi connectivity index (χ2n) is 4.46. The maximum Gasteiger partial charge on any atom is 0.153 e. The molecule has 0 bridgehead atoms. The van der Waals surface area contributed by atoms with Crippen molar-refractivity contribution in [1.29, 1.82) is 0 Å². The van der Waals surface area contributed by atoms with Crippen LogP contribution in [0, 0.1) is 27.7 Å². The molecule has 0 N–H and O–H groups in total. The van der Waals surface area contributed by atoms with Gasteiger partial charge in [-0.2, -0.15) is 5.10 Å². The third-order valence-electron chi connectivity index (χ3n) is 2.92. The topological polar surface area (TPSA) is 34.9 Å². The Morgan fingerprint density at radius 1 is 1.06 bits per heavy atom. The predicted octanol–water partition coefficient (Wildman–Crippen LogP) is 2.92. The standard InChI is InChI=1S/C14H16N2O/c1-9-5-10(2)7-13(6-9)16-12(4)14(8-17)11(3)15-16/h5-8H,1-4H3. The second kappa shape index (κ2) is 4.17. The molecule has 1 heterocycles. The van der Waals surface area contributed by atoms with Crippen molar-refractivity contribution in [3.8, 4) is 5.69 Å². The number of carbonyl (C=O) groups is 1. The first-order valence-corrected chi connectivity index (χ1v) is 5.63. The van der Waals surface area contributed by atoms with Crippen LogP contribution in [-0.4, -0.2) is 16.1 Å². The average molecular weight is 228 g/mol. The van der Waals surface area contributed by atoms with Crippen LogP contribution in [0.15, 0.2) is 18.2 Å². The van der Waals surface area contributed by atoms with E-state index in [9.17, 15) is 4.79 Å². The molecule has 0 spiro atoms. The van der Waals surface area contributed by atoms with Gasteiger partial charge in [0.1, 0.15) is 0 Å². The molecule has 0 saturated carbocycles. The van der Waals surface area contributed by atoms with Crippen LogP contribution in [-0.2, 0) is 0 Å². The minimum Gasteiger partial charge on any atom is -0.298 e. The number of benzene rings is 1. The van der Waals surface area contributed by atoms with Crippen molar-refractivity contribution in [2.24, 2.45) is 0 Å². The molecule has 0 aliphatic heterocycles. The Bertz CT molecular complexity index is 562. The van der Waals surface area contributed by atoms with Gasteiger partial charge in [0.05, 0.1) is 22.6 Å². The summed E-state index contributed by atoms with van der Waals surface area (Å²) in [6.45, 7) is 7.89. The van der Waals surface area contributed by atoms with E-state index in [0.717, 1.165) is 23.4 Å². The Morgan fingerprint density at radius 2 is 1.65 bits per heavy atom. The normalized spacial score (nSPS) is 10.6. The molecule has 1 aromatic heterocycles. The highest BCUT2D eigenvalue weighted by Gasteiger charge is 2.12. The second-order valence-corrected chi connectivity index (χ2v) is 4.46. The molecule has 88 valence electrons. The minimum atomic E-state index is 0.684. The van der Waals surface area contributed by atoms with Gasteiger partial charge in [-0.25, -0.2) is 4.68 Å². The lowest BCUT2D eigenvalue weighted by atomic mass is 10.1. The van der Waals surface area contributed by atoms with Crippen molar-refractivity contribution in [2.75, 3.05) is 0 Å². The van der Waals surface area contributed by atoms with Crippen molar-refractivity contribution in [3.63, 3.8) is 0 Å². The van der Waals surface area contributed by atoms with E-state index in [1.807, 2.05) is 18.5 Å². The molecular weight excluding hydrogens is 212 g/mol.